The molecule has 3 aromatic rings. The number of benzene rings is 1. The zero-order valence-electron chi connectivity index (χ0n) is 17.4. The molecule has 30 heavy (non-hydrogen) atoms. The van der Waals surface area contributed by atoms with E-state index in [1.807, 2.05) is 22.8 Å². The van der Waals surface area contributed by atoms with Gasteiger partial charge in [-0.15, -0.1) is 0 Å². The molecule has 0 unspecified atom stereocenters. The predicted octanol–water partition coefficient (Wildman–Crippen LogP) is 2.60. The van der Waals surface area contributed by atoms with E-state index in [0.29, 0.717) is 43.6 Å². The molecule has 0 radical (unpaired) electrons. The molecule has 0 N–H and O–H groups in total. The number of hydrogen-bond acceptors (Lipinski definition) is 6. The van der Waals surface area contributed by atoms with Crippen LogP contribution in [0.15, 0.2) is 28.8 Å². The summed E-state index contributed by atoms with van der Waals surface area (Å²) in [4.78, 5) is 21.0. The van der Waals surface area contributed by atoms with Crippen LogP contribution < -0.4 is 4.90 Å². The van der Waals surface area contributed by atoms with Gasteiger partial charge in [0, 0.05) is 44.4 Å². The molecule has 9 heteroatoms. The third kappa shape index (κ3) is 4.05. The first-order chi connectivity index (χ1) is 14.4. The number of anilines is 1. The minimum absolute atomic E-state index is 0.0265. The first-order valence-electron chi connectivity index (χ1n) is 10.1. The maximum Gasteiger partial charge on any atom is 0.266 e. The molecule has 158 valence electrons. The van der Waals surface area contributed by atoms with E-state index in [1.54, 1.807) is 30.7 Å². The van der Waals surface area contributed by atoms with Gasteiger partial charge in [0.05, 0.1) is 5.69 Å². The standard InChI is InChI=1S/C21H25FN6O2/c1-4-17-12-19(16-5-6-18(22)14(2)11-16)24-28(17)13-20(29)26-7-9-27(10-8-26)21-23-15(3)30-25-21/h5-6,11-12H,4,7-10,13H2,1-3H3. The minimum Gasteiger partial charge on any atom is -0.338 e. The lowest BCUT2D eigenvalue weighted by atomic mass is 10.1. The molecule has 1 aromatic carbocycles. The highest BCUT2D eigenvalue weighted by Crippen LogP contribution is 2.22. The second kappa shape index (κ2) is 8.25. The average Bonchev–Trinajstić information content (AvgIpc) is 3.36. The number of halogens is 1. The van der Waals surface area contributed by atoms with Gasteiger partial charge >= 0.3 is 0 Å². The zero-order valence-corrected chi connectivity index (χ0v) is 17.4. The van der Waals surface area contributed by atoms with E-state index in [1.165, 1.54) is 6.07 Å². The highest BCUT2D eigenvalue weighted by atomic mass is 19.1. The fraction of sp³-hybridized carbons (Fsp3) is 0.429. The predicted molar refractivity (Wildman–Crippen MR) is 110 cm³/mol. The molecule has 8 nitrogen and oxygen atoms in total. The largest absolute Gasteiger partial charge is 0.338 e. The third-order valence-corrected chi connectivity index (χ3v) is 5.40. The Morgan fingerprint density at radius 3 is 2.57 bits per heavy atom. The van der Waals surface area contributed by atoms with E-state index < -0.39 is 0 Å². The summed E-state index contributed by atoms with van der Waals surface area (Å²) in [7, 11) is 0. The van der Waals surface area contributed by atoms with Crippen LogP contribution in [0, 0.1) is 19.7 Å². The molecule has 0 aliphatic carbocycles. The van der Waals surface area contributed by atoms with Crippen LogP contribution in [0.4, 0.5) is 10.3 Å². The van der Waals surface area contributed by atoms with Crippen molar-refractivity contribution in [3.05, 3.63) is 47.2 Å². The maximum atomic E-state index is 13.6. The first kappa shape index (κ1) is 20.1. The van der Waals surface area contributed by atoms with Gasteiger partial charge in [0.25, 0.3) is 5.95 Å². The van der Waals surface area contributed by atoms with E-state index in [0.717, 1.165) is 23.4 Å². The summed E-state index contributed by atoms with van der Waals surface area (Å²) in [5.74, 6) is 0.887. The number of aryl methyl sites for hydroxylation is 3. The van der Waals surface area contributed by atoms with Crippen LogP contribution in [0.2, 0.25) is 0 Å². The highest BCUT2D eigenvalue weighted by molar-refractivity contribution is 5.76. The van der Waals surface area contributed by atoms with Gasteiger partial charge in [-0.3, -0.25) is 9.48 Å². The van der Waals surface area contributed by atoms with Gasteiger partial charge in [0.1, 0.15) is 12.4 Å². The molecule has 1 aliphatic heterocycles. The van der Waals surface area contributed by atoms with Crippen LogP contribution in [-0.4, -0.2) is 56.9 Å². The van der Waals surface area contributed by atoms with Crippen molar-refractivity contribution in [2.45, 2.75) is 33.7 Å². The molecule has 0 spiro atoms. The van der Waals surface area contributed by atoms with Gasteiger partial charge in [0.15, 0.2) is 0 Å². The summed E-state index contributed by atoms with van der Waals surface area (Å²) in [5.41, 5.74) is 3.14. The lowest BCUT2D eigenvalue weighted by Crippen LogP contribution is -2.50. The van der Waals surface area contributed by atoms with Crippen LogP contribution >= 0.6 is 0 Å². The Hall–Kier alpha value is -3.23. The van der Waals surface area contributed by atoms with Gasteiger partial charge in [-0.1, -0.05) is 6.92 Å². The topological polar surface area (TPSA) is 80.3 Å². The third-order valence-electron chi connectivity index (χ3n) is 5.40. The number of nitrogens with zero attached hydrogens (tertiary/aromatic N) is 6. The summed E-state index contributed by atoms with van der Waals surface area (Å²) in [6.45, 7) is 8.21. The number of rotatable bonds is 5. The van der Waals surface area contributed by atoms with Crippen molar-refractivity contribution >= 4 is 11.9 Å². The highest BCUT2D eigenvalue weighted by Gasteiger charge is 2.24. The molecule has 1 amide bonds. The van der Waals surface area contributed by atoms with Gasteiger partial charge in [-0.25, -0.2) is 4.39 Å². The van der Waals surface area contributed by atoms with Crippen LogP contribution in [0.5, 0.6) is 0 Å². The smallest absolute Gasteiger partial charge is 0.266 e. The fourth-order valence-electron chi connectivity index (χ4n) is 3.62. The van der Waals surface area contributed by atoms with Gasteiger partial charge < -0.3 is 14.3 Å². The Bertz CT molecular complexity index is 1050. The molecule has 0 atom stereocenters. The van der Waals surface area contributed by atoms with Crippen molar-refractivity contribution < 1.29 is 13.7 Å². The Morgan fingerprint density at radius 1 is 1.17 bits per heavy atom. The summed E-state index contributed by atoms with van der Waals surface area (Å²) >= 11 is 0. The number of piperazine rings is 1. The summed E-state index contributed by atoms with van der Waals surface area (Å²) in [5, 5.41) is 8.57. The molecule has 1 aliphatic rings. The summed E-state index contributed by atoms with van der Waals surface area (Å²) in [6.07, 6.45) is 0.755. The molecule has 1 saturated heterocycles. The lowest BCUT2D eigenvalue weighted by Gasteiger charge is -2.34. The Balaban J connectivity index is 1.43. The van der Waals surface area contributed by atoms with E-state index in [2.05, 4.69) is 15.2 Å². The lowest BCUT2D eigenvalue weighted by molar-refractivity contribution is -0.132. The number of hydrogen-bond donors (Lipinski definition) is 0. The zero-order chi connectivity index (χ0) is 21.3. The summed E-state index contributed by atoms with van der Waals surface area (Å²) < 4.78 is 20.4. The van der Waals surface area contributed by atoms with Crippen LogP contribution in [0.25, 0.3) is 11.3 Å². The monoisotopic (exact) mass is 412 g/mol. The molecule has 1 fully saturated rings. The molecular formula is C21H25FN6O2. The van der Waals surface area contributed by atoms with Gasteiger partial charge in [-0.05, 0) is 48.3 Å². The first-order valence-corrected chi connectivity index (χ1v) is 10.1. The summed E-state index contributed by atoms with van der Waals surface area (Å²) in [6, 6.07) is 6.92. The Labute approximate surface area is 174 Å². The van der Waals surface area contributed by atoms with Crippen molar-refractivity contribution in [3.63, 3.8) is 0 Å². The van der Waals surface area contributed by atoms with Crippen LogP contribution in [0.3, 0.4) is 0 Å². The van der Waals surface area contributed by atoms with Gasteiger partial charge in [0.2, 0.25) is 11.8 Å². The number of aromatic nitrogens is 4. The fourth-order valence-corrected chi connectivity index (χ4v) is 3.62. The van der Waals surface area contributed by atoms with Crippen molar-refractivity contribution in [2.24, 2.45) is 0 Å². The van der Waals surface area contributed by atoms with Crippen molar-refractivity contribution in [1.29, 1.82) is 0 Å². The number of amides is 1. The molecule has 0 bridgehead atoms. The minimum atomic E-state index is -0.237. The molecule has 4 rings (SSSR count). The molecule has 0 saturated carbocycles. The Kier molecular flexibility index (Phi) is 5.52. The molecule has 2 aromatic heterocycles. The number of carbonyl (C=O) groups excluding carboxylic acids is 1. The van der Waals surface area contributed by atoms with E-state index in [-0.39, 0.29) is 18.3 Å². The second-order valence-electron chi connectivity index (χ2n) is 7.48. The van der Waals surface area contributed by atoms with Crippen LogP contribution in [-0.2, 0) is 17.8 Å². The molecule has 3 heterocycles. The average molecular weight is 412 g/mol. The van der Waals surface area contributed by atoms with Crippen LogP contribution in [0.1, 0.15) is 24.1 Å². The van der Waals surface area contributed by atoms with Crippen molar-refractivity contribution in [2.75, 3.05) is 31.1 Å². The van der Waals surface area contributed by atoms with Crippen molar-refractivity contribution in [3.8, 4) is 11.3 Å². The van der Waals surface area contributed by atoms with Crippen molar-refractivity contribution in [1.82, 2.24) is 24.8 Å². The quantitative estimate of drug-likeness (QED) is 0.641. The SMILES string of the molecule is CCc1cc(-c2ccc(F)c(C)c2)nn1CC(=O)N1CCN(c2noc(C)n2)CC1. The van der Waals surface area contributed by atoms with Gasteiger partial charge in [-0.2, -0.15) is 10.1 Å². The normalized spacial score (nSPS) is 14.4. The van der Waals surface area contributed by atoms with E-state index >= 15 is 0 Å². The Morgan fingerprint density at radius 2 is 1.93 bits per heavy atom. The van der Waals surface area contributed by atoms with E-state index in [4.69, 9.17) is 4.52 Å². The van der Waals surface area contributed by atoms with E-state index in [9.17, 15) is 9.18 Å². The molecular weight excluding hydrogens is 387 g/mol. The maximum absolute atomic E-state index is 13.6. The second-order valence-corrected chi connectivity index (χ2v) is 7.48. The number of carbonyl (C=O) groups is 1.